The third-order valence-corrected chi connectivity index (χ3v) is 2.91. The van der Waals surface area contributed by atoms with Gasteiger partial charge in [-0.3, -0.25) is 9.89 Å². The van der Waals surface area contributed by atoms with Crippen molar-refractivity contribution < 1.29 is 14.3 Å². The first kappa shape index (κ1) is 13.9. The second-order valence-electron chi connectivity index (χ2n) is 4.15. The van der Waals surface area contributed by atoms with Gasteiger partial charge in [-0.25, -0.2) is 0 Å². The highest BCUT2D eigenvalue weighted by atomic mass is 16.5. The Morgan fingerprint density at radius 2 is 2.10 bits per heavy atom. The van der Waals surface area contributed by atoms with E-state index in [0.717, 1.165) is 12.1 Å². The second kappa shape index (κ2) is 6.10. The molecule has 0 saturated carbocycles. The van der Waals surface area contributed by atoms with Crippen LogP contribution >= 0.6 is 0 Å². The Morgan fingerprint density at radius 3 is 2.70 bits per heavy atom. The molecule has 0 aliphatic carbocycles. The number of aromatic nitrogens is 2. The first-order valence-corrected chi connectivity index (χ1v) is 6.25. The van der Waals surface area contributed by atoms with Crippen LogP contribution in [0.4, 0.5) is 5.82 Å². The number of anilines is 1. The molecule has 0 aliphatic rings. The molecule has 0 saturated heterocycles. The van der Waals surface area contributed by atoms with Crippen molar-refractivity contribution in [1.82, 2.24) is 10.2 Å². The number of ether oxygens (including phenoxy) is 2. The zero-order valence-electron chi connectivity index (χ0n) is 11.7. The summed E-state index contributed by atoms with van der Waals surface area (Å²) in [7, 11) is 3.07. The zero-order valence-corrected chi connectivity index (χ0v) is 11.7. The summed E-state index contributed by atoms with van der Waals surface area (Å²) in [5, 5.41) is 9.59. The van der Waals surface area contributed by atoms with Gasteiger partial charge >= 0.3 is 0 Å². The van der Waals surface area contributed by atoms with E-state index in [1.54, 1.807) is 31.4 Å². The van der Waals surface area contributed by atoms with Crippen LogP contribution < -0.4 is 14.8 Å². The summed E-state index contributed by atoms with van der Waals surface area (Å²) < 4.78 is 10.3. The van der Waals surface area contributed by atoms with Crippen molar-refractivity contribution in [3.05, 3.63) is 35.5 Å². The summed E-state index contributed by atoms with van der Waals surface area (Å²) in [4.78, 5) is 12.2. The van der Waals surface area contributed by atoms with Crippen molar-refractivity contribution in [2.75, 3.05) is 19.5 Å². The fourth-order valence-corrected chi connectivity index (χ4v) is 1.78. The maximum absolute atomic E-state index is 12.2. The van der Waals surface area contributed by atoms with E-state index in [9.17, 15) is 4.79 Å². The van der Waals surface area contributed by atoms with E-state index < -0.39 is 0 Å². The average molecular weight is 275 g/mol. The molecule has 6 nitrogen and oxygen atoms in total. The summed E-state index contributed by atoms with van der Waals surface area (Å²) in [6.07, 6.45) is 0.828. The SMILES string of the molecule is CCc1cc(NC(=O)c2ccc(OC)cc2OC)n[nH]1. The predicted octanol–water partition coefficient (Wildman–Crippen LogP) is 2.24. The summed E-state index contributed by atoms with van der Waals surface area (Å²) in [5.41, 5.74) is 1.39. The number of amides is 1. The third-order valence-electron chi connectivity index (χ3n) is 2.91. The molecule has 0 radical (unpaired) electrons. The van der Waals surface area contributed by atoms with Gasteiger partial charge in [-0.05, 0) is 18.6 Å². The summed E-state index contributed by atoms with van der Waals surface area (Å²) >= 11 is 0. The molecule has 2 aromatic rings. The summed E-state index contributed by atoms with van der Waals surface area (Å²) in [6.45, 7) is 2.01. The maximum atomic E-state index is 12.2. The fraction of sp³-hybridized carbons (Fsp3) is 0.286. The minimum Gasteiger partial charge on any atom is -0.497 e. The molecule has 106 valence electrons. The molecule has 1 aromatic carbocycles. The molecule has 0 spiro atoms. The van der Waals surface area contributed by atoms with Crippen LogP contribution in [-0.2, 0) is 6.42 Å². The number of H-pyrrole nitrogens is 1. The van der Waals surface area contributed by atoms with Crippen LogP contribution in [0.25, 0.3) is 0 Å². The molecule has 0 bridgehead atoms. The van der Waals surface area contributed by atoms with Gasteiger partial charge in [0.2, 0.25) is 0 Å². The molecule has 0 fully saturated rings. The number of rotatable bonds is 5. The molecule has 1 amide bonds. The normalized spacial score (nSPS) is 10.2. The molecule has 1 aromatic heterocycles. The van der Waals surface area contributed by atoms with Crippen molar-refractivity contribution in [2.45, 2.75) is 13.3 Å². The van der Waals surface area contributed by atoms with E-state index in [1.807, 2.05) is 6.92 Å². The van der Waals surface area contributed by atoms with E-state index in [1.165, 1.54) is 7.11 Å². The number of hydrogen-bond acceptors (Lipinski definition) is 4. The number of methoxy groups -OCH3 is 2. The Balaban J connectivity index is 2.20. The monoisotopic (exact) mass is 275 g/mol. The number of aryl methyl sites for hydroxylation is 1. The van der Waals surface area contributed by atoms with E-state index in [0.29, 0.717) is 22.9 Å². The lowest BCUT2D eigenvalue weighted by molar-refractivity contribution is 0.102. The first-order chi connectivity index (χ1) is 9.67. The van der Waals surface area contributed by atoms with Crippen molar-refractivity contribution in [2.24, 2.45) is 0 Å². The van der Waals surface area contributed by atoms with Gasteiger partial charge in [-0.15, -0.1) is 0 Å². The molecular formula is C14H17N3O3. The Hall–Kier alpha value is -2.50. The summed E-state index contributed by atoms with van der Waals surface area (Å²) in [5.74, 6) is 1.29. The highest BCUT2D eigenvalue weighted by Gasteiger charge is 2.14. The first-order valence-electron chi connectivity index (χ1n) is 6.25. The molecule has 20 heavy (non-hydrogen) atoms. The second-order valence-corrected chi connectivity index (χ2v) is 4.15. The Labute approximate surface area is 117 Å². The standard InChI is InChI=1S/C14H17N3O3/c1-4-9-7-13(17-16-9)15-14(18)11-6-5-10(19-2)8-12(11)20-3/h5-8H,4H2,1-3H3,(H2,15,16,17,18). The molecule has 0 unspecified atom stereocenters. The minimum absolute atomic E-state index is 0.279. The molecule has 1 heterocycles. The van der Waals surface area contributed by atoms with Gasteiger partial charge < -0.3 is 14.8 Å². The Morgan fingerprint density at radius 1 is 1.30 bits per heavy atom. The Kier molecular flexibility index (Phi) is 4.24. The number of carbonyl (C=O) groups excluding carboxylic acids is 1. The topological polar surface area (TPSA) is 76.2 Å². The lowest BCUT2D eigenvalue weighted by Gasteiger charge is -2.09. The van der Waals surface area contributed by atoms with Crippen LogP contribution in [0, 0.1) is 0 Å². The number of nitrogens with zero attached hydrogens (tertiary/aromatic N) is 1. The number of carbonyl (C=O) groups is 1. The van der Waals surface area contributed by atoms with Crippen molar-refractivity contribution in [3.63, 3.8) is 0 Å². The maximum Gasteiger partial charge on any atom is 0.260 e. The van der Waals surface area contributed by atoms with E-state index in [-0.39, 0.29) is 5.91 Å². The van der Waals surface area contributed by atoms with Crippen molar-refractivity contribution >= 4 is 11.7 Å². The Bertz CT molecular complexity index is 607. The van der Waals surface area contributed by atoms with Crippen LogP contribution in [0.5, 0.6) is 11.5 Å². The number of benzene rings is 1. The van der Waals surface area contributed by atoms with E-state index >= 15 is 0 Å². The van der Waals surface area contributed by atoms with Crippen LogP contribution in [-0.4, -0.2) is 30.3 Å². The minimum atomic E-state index is -0.279. The number of aromatic amines is 1. The highest BCUT2D eigenvalue weighted by molar-refractivity contribution is 6.05. The van der Waals surface area contributed by atoms with Gasteiger partial charge in [0.15, 0.2) is 5.82 Å². The smallest absolute Gasteiger partial charge is 0.260 e. The van der Waals surface area contributed by atoms with Gasteiger partial charge in [-0.2, -0.15) is 5.10 Å². The van der Waals surface area contributed by atoms with E-state index in [4.69, 9.17) is 9.47 Å². The third kappa shape index (κ3) is 2.90. The van der Waals surface area contributed by atoms with Crippen molar-refractivity contribution in [3.8, 4) is 11.5 Å². The van der Waals surface area contributed by atoms with Gasteiger partial charge in [0.05, 0.1) is 19.8 Å². The van der Waals surface area contributed by atoms with E-state index in [2.05, 4.69) is 15.5 Å². The fourth-order valence-electron chi connectivity index (χ4n) is 1.78. The molecule has 6 heteroatoms. The average Bonchev–Trinajstić information content (AvgIpc) is 2.94. The molecular weight excluding hydrogens is 258 g/mol. The largest absolute Gasteiger partial charge is 0.497 e. The van der Waals surface area contributed by atoms with Gasteiger partial charge in [0.1, 0.15) is 11.5 Å². The number of hydrogen-bond donors (Lipinski definition) is 2. The van der Waals surface area contributed by atoms with Gasteiger partial charge in [0.25, 0.3) is 5.91 Å². The lowest BCUT2D eigenvalue weighted by Crippen LogP contribution is -2.13. The molecule has 2 rings (SSSR count). The highest BCUT2D eigenvalue weighted by Crippen LogP contribution is 2.25. The predicted molar refractivity (Wildman–Crippen MR) is 75.5 cm³/mol. The van der Waals surface area contributed by atoms with Crippen LogP contribution in [0.2, 0.25) is 0 Å². The van der Waals surface area contributed by atoms with Gasteiger partial charge in [0, 0.05) is 17.8 Å². The quantitative estimate of drug-likeness (QED) is 0.877. The van der Waals surface area contributed by atoms with Crippen LogP contribution in [0.15, 0.2) is 24.3 Å². The van der Waals surface area contributed by atoms with Crippen LogP contribution in [0.3, 0.4) is 0 Å². The number of nitrogens with one attached hydrogen (secondary N) is 2. The zero-order chi connectivity index (χ0) is 14.5. The lowest BCUT2D eigenvalue weighted by atomic mass is 10.1. The van der Waals surface area contributed by atoms with Crippen molar-refractivity contribution in [1.29, 1.82) is 0 Å². The molecule has 2 N–H and O–H groups in total. The molecule has 0 aliphatic heterocycles. The van der Waals surface area contributed by atoms with Crippen LogP contribution in [0.1, 0.15) is 23.0 Å². The summed E-state index contributed by atoms with van der Waals surface area (Å²) in [6, 6.07) is 6.82. The van der Waals surface area contributed by atoms with Gasteiger partial charge in [-0.1, -0.05) is 6.92 Å². The molecule has 0 atom stereocenters.